The molecule has 2 aromatic heterocycles. The third-order valence-electron chi connectivity index (χ3n) is 2.11. The average molecular weight is 217 g/mol. The van der Waals surface area contributed by atoms with Crippen LogP contribution in [-0.4, -0.2) is 21.6 Å². The number of carbonyl (C=O) groups excluding carboxylic acids is 1. The molecule has 0 aliphatic heterocycles. The molecule has 0 saturated carbocycles. The normalized spacial score (nSPS) is 11.1. The number of hydrazone groups is 1. The topological polar surface area (TPSA) is 84.8 Å². The molecule has 0 saturated heterocycles. The quantitative estimate of drug-likeness (QED) is 0.571. The van der Waals surface area contributed by atoms with Gasteiger partial charge in [-0.2, -0.15) is 5.10 Å². The summed E-state index contributed by atoms with van der Waals surface area (Å²) in [6, 6.07) is 5.01. The van der Waals surface area contributed by atoms with Crippen molar-refractivity contribution in [2.75, 3.05) is 0 Å². The third-order valence-corrected chi connectivity index (χ3v) is 2.11. The molecule has 0 fully saturated rings. The van der Waals surface area contributed by atoms with E-state index in [1.54, 1.807) is 0 Å². The number of nitrogens with one attached hydrogen (secondary N) is 1. The van der Waals surface area contributed by atoms with Crippen LogP contribution in [0.15, 0.2) is 29.5 Å². The number of urea groups is 1. The first-order valence-electron chi connectivity index (χ1n) is 4.70. The van der Waals surface area contributed by atoms with Crippen LogP contribution in [0.1, 0.15) is 11.4 Å². The van der Waals surface area contributed by atoms with Gasteiger partial charge in [0.05, 0.1) is 17.6 Å². The maximum Gasteiger partial charge on any atom is 0.332 e. The minimum absolute atomic E-state index is 0.692. The van der Waals surface area contributed by atoms with E-state index in [0.717, 1.165) is 17.0 Å². The first-order valence-corrected chi connectivity index (χ1v) is 4.70. The van der Waals surface area contributed by atoms with Crippen molar-refractivity contribution in [1.29, 1.82) is 0 Å². The lowest BCUT2D eigenvalue weighted by atomic mass is 10.4. The highest BCUT2D eigenvalue weighted by Crippen LogP contribution is 2.08. The zero-order valence-corrected chi connectivity index (χ0v) is 8.71. The Hall–Kier alpha value is -2.37. The summed E-state index contributed by atoms with van der Waals surface area (Å²) in [6.07, 6.45) is 3.39. The number of imidazole rings is 1. The summed E-state index contributed by atoms with van der Waals surface area (Å²) in [5.74, 6) is 0. The molecule has 2 heterocycles. The van der Waals surface area contributed by atoms with E-state index < -0.39 is 6.03 Å². The number of fused-ring (bicyclic) bond motifs is 1. The summed E-state index contributed by atoms with van der Waals surface area (Å²) >= 11 is 0. The van der Waals surface area contributed by atoms with Crippen LogP contribution in [0.2, 0.25) is 0 Å². The summed E-state index contributed by atoms with van der Waals surface area (Å²) in [7, 11) is 0. The number of hydrogen-bond acceptors (Lipinski definition) is 3. The Labute approximate surface area is 91.8 Å². The predicted molar refractivity (Wildman–Crippen MR) is 60.2 cm³/mol. The van der Waals surface area contributed by atoms with Crippen LogP contribution in [0.3, 0.4) is 0 Å². The fraction of sp³-hybridized carbons (Fsp3) is 0.100. The van der Waals surface area contributed by atoms with E-state index in [1.807, 2.05) is 35.7 Å². The number of nitrogens with zero attached hydrogens (tertiary/aromatic N) is 3. The van der Waals surface area contributed by atoms with Crippen LogP contribution in [0.25, 0.3) is 5.65 Å². The molecule has 16 heavy (non-hydrogen) atoms. The molecule has 0 bridgehead atoms. The summed E-state index contributed by atoms with van der Waals surface area (Å²) in [6.45, 7) is 1.87. The standard InChI is InChI=1S/C10H11N5O/c1-7-8(6-12-14-10(11)16)15-5-3-2-4-9(15)13-7/h2-6H,1H3,(H3,11,14,16)/b12-6+. The molecule has 0 aromatic carbocycles. The molecule has 0 spiro atoms. The molecule has 0 atom stereocenters. The molecular weight excluding hydrogens is 206 g/mol. The summed E-state index contributed by atoms with van der Waals surface area (Å²) in [4.78, 5) is 14.8. The van der Waals surface area contributed by atoms with Gasteiger partial charge in [-0.25, -0.2) is 15.2 Å². The SMILES string of the molecule is Cc1nc2ccccn2c1/C=N/NC(N)=O. The number of aryl methyl sites for hydroxylation is 1. The van der Waals surface area contributed by atoms with E-state index in [1.165, 1.54) is 6.21 Å². The van der Waals surface area contributed by atoms with Gasteiger partial charge in [-0.1, -0.05) is 6.07 Å². The highest BCUT2D eigenvalue weighted by molar-refractivity contribution is 5.82. The maximum absolute atomic E-state index is 10.5. The lowest BCUT2D eigenvalue weighted by Crippen LogP contribution is -2.24. The highest BCUT2D eigenvalue weighted by Gasteiger charge is 2.04. The van der Waals surface area contributed by atoms with E-state index in [-0.39, 0.29) is 0 Å². The molecule has 2 aromatic rings. The van der Waals surface area contributed by atoms with Gasteiger partial charge in [0.15, 0.2) is 0 Å². The van der Waals surface area contributed by atoms with Gasteiger partial charge < -0.3 is 5.73 Å². The van der Waals surface area contributed by atoms with Crippen molar-refractivity contribution in [1.82, 2.24) is 14.8 Å². The first-order chi connectivity index (χ1) is 7.68. The van der Waals surface area contributed by atoms with Gasteiger partial charge in [-0.15, -0.1) is 0 Å². The Balaban J connectivity index is 2.39. The Morgan fingerprint density at radius 2 is 2.44 bits per heavy atom. The molecule has 0 radical (unpaired) electrons. The van der Waals surface area contributed by atoms with Crippen LogP contribution in [0, 0.1) is 6.92 Å². The van der Waals surface area contributed by atoms with Crippen LogP contribution in [0.5, 0.6) is 0 Å². The fourth-order valence-electron chi connectivity index (χ4n) is 1.44. The Morgan fingerprint density at radius 1 is 1.62 bits per heavy atom. The number of nitrogens with two attached hydrogens (primary N) is 1. The molecule has 6 nitrogen and oxygen atoms in total. The van der Waals surface area contributed by atoms with E-state index >= 15 is 0 Å². The molecule has 0 aliphatic carbocycles. The Morgan fingerprint density at radius 3 is 3.19 bits per heavy atom. The van der Waals surface area contributed by atoms with Crippen LogP contribution >= 0.6 is 0 Å². The average Bonchev–Trinajstić information content (AvgIpc) is 2.55. The smallest absolute Gasteiger partial charge is 0.332 e. The minimum Gasteiger partial charge on any atom is -0.350 e. The second-order valence-electron chi connectivity index (χ2n) is 3.25. The third kappa shape index (κ3) is 1.85. The van der Waals surface area contributed by atoms with Gasteiger partial charge in [0, 0.05) is 6.20 Å². The van der Waals surface area contributed by atoms with E-state index in [2.05, 4.69) is 15.5 Å². The van der Waals surface area contributed by atoms with Crippen LogP contribution in [0.4, 0.5) is 4.79 Å². The number of amides is 2. The second-order valence-corrected chi connectivity index (χ2v) is 3.25. The van der Waals surface area contributed by atoms with Gasteiger partial charge in [0.1, 0.15) is 5.65 Å². The molecule has 0 aliphatic rings. The molecule has 6 heteroatoms. The van der Waals surface area contributed by atoms with Crippen molar-refractivity contribution in [2.45, 2.75) is 6.92 Å². The number of aromatic nitrogens is 2. The van der Waals surface area contributed by atoms with E-state index in [9.17, 15) is 4.79 Å². The van der Waals surface area contributed by atoms with Crippen molar-refractivity contribution in [3.8, 4) is 0 Å². The van der Waals surface area contributed by atoms with E-state index in [4.69, 9.17) is 5.73 Å². The zero-order chi connectivity index (χ0) is 11.5. The van der Waals surface area contributed by atoms with Crippen molar-refractivity contribution in [2.24, 2.45) is 10.8 Å². The number of carbonyl (C=O) groups is 1. The van der Waals surface area contributed by atoms with Gasteiger partial charge >= 0.3 is 6.03 Å². The van der Waals surface area contributed by atoms with Crippen LogP contribution < -0.4 is 11.2 Å². The van der Waals surface area contributed by atoms with E-state index in [0.29, 0.717) is 0 Å². The van der Waals surface area contributed by atoms with Crippen molar-refractivity contribution >= 4 is 17.9 Å². The monoisotopic (exact) mass is 217 g/mol. The molecule has 3 N–H and O–H groups in total. The number of hydrogen-bond donors (Lipinski definition) is 2. The van der Waals surface area contributed by atoms with Gasteiger partial charge in [0.2, 0.25) is 0 Å². The summed E-state index contributed by atoms with van der Waals surface area (Å²) < 4.78 is 1.88. The first kappa shape index (κ1) is 10.2. The van der Waals surface area contributed by atoms with Crippen molar-refractivity contribution in [3.63, 3.8) is 0 Å². The molecular formula is C10H11N5O. The highest BCUT2D eigenvalue weighted by atomic mass is 16.2. The number of primary amides is 1. The largest absolute Gasteiger partial charge is 0.350 e. The Kier molecular flexibility index (Phi) is 2.55. The summed E-state index contributed by atoms with van der Waals surface area (Å²) in [5, 5.41) is 3.71. The lowest BCUT2D eigenvalue weighted by Gasteiger charge is -1.95. The van der Waals surface area contributed by atoms with Gasteiger partial charge in [0.25, 0.3) is 0 Å². The molecule has 2 amide bonds. The Bertz CT molecular complexity index is 557. The maximum atomic E-state index is 10.5. The molecule has 0 unspecified atom stereocenters. The minimum atomic E-state index is -0.692. The summed E-state index contributed by atoms with van der Waals surface area (Å²) in [5.41, 5.74) is 9.52. The van der Waals surface area contributed by atoms with Crippen LogP contribution in [-0.2, 0) is 0 Å². The van der Waals surface area contributed by atoms with Gasteiger partial charge in [-0.05, 0) is 19.1 Å². The number of pyridine rings is 1. The number of rotatable bonds is 2. The van der Waals surface area contributed by atoms with Crippen molar-refractivity contribution in [3.05, 3.63) is 35.8 Å². The van der Waals surface area contributed by atoms with Gasteiger partial charge in [-0.3, -0.25) is 4.40 Å². The van der Waals surface area contributed by atoms with Crippen molar-refractivity contribution < 1.29 is 4.79 Å². The predicted octanol–water partition coefficient (Wildman–Crippen LogP) is 0.645. The molecule has 2 rings (SSSR count). The lowest BCUT2D eigenvalue weighted by molar-refractivity contribution is 0.249. The zero-order valence-electron chi connectivity index (χ0n) is 8.71. The fourth-order valence-corrected chi connectivity index (χ4v) is 1.44. The second kappa shape index (κ2) is 4.01. The molecule has 82 valence electrons.